The molecular weight excluding hydrogens is 540 g/mol. The Morgan fingerprint density at radius 2 is 1.78 bits per heavy atom. The molecule has 1 saturated carbocycles. The maximum atomic E-state index is 13.9. The van der Waals surface area contributed by atoms with Gasteiger partial charge >= 0.3 is 10.2 Å². The number of methoxy groups -OCH3 is 1. The van der Waals surface area contributed by atoms with Crippen molar-refractivity contribution in [1.29, 1.82) is 0 Å². The number of nitrogens with zero attached hydrogens (tertiary/aromatic N) is 3. The summed E-state index contributed by atoms with van der Waals surface area (Å²) >= 11 is 0. The molecule has 6 rings (SSSR count). The average Bonchev–Trinajstić information content (AvgIpc) is 3.18. The van der Waals surface area contributed by atoms with E-state index < -0.39 is 10.2 Å². The summed E-state index contributed by atoms with van der Waals surface area (Å²) in [6, 6.07) is 11.9. The molecule has 1 fully saturated rings. The Labute approximate surface area is 241 Å². The number of nitrogens with one attached hydrogen (secondary N) is 1. The monoisotopic (exact) mass is 578 g/mol. The first kappa shape index (κ1) is 27.8. The van der Waals surface area contributed by atoms with Crippen molar-refractivity contribution in [3.63, 3.8) is 0 Å². The van der Waals surface area contributed by atoms with Crippen LogP contribution in [-0.4, -0.2) is 75.6 Å². The van der Waals surface area contributed by atoms with Crippen molar-refractivity contribution in [3.05, 3.63) is 53.1 Å². The Hall–Kier alpha value is -3.34. The Balaban J connectivity index is 1.62. The summed E-state index contributed by atoms with van der Waals surface area (Å²) in [6.45, 7) is 1.50. The van der Waals surface area contributed by atoms with Crippen molar-refractivity contribution >= 4 is 38.8 Å². The van der Waals surface area contributed by atoms with E-state index in [1.165, 1.54) is 36.2 Å². The minimum atomic E-state index is -3.78. The van der Waals surface area contributed by atoms with Gasteiger partial charge in [-0.3, -0.25) is 9.52 Å². The molecule has 218 valence electrons. The smallest absolute Gasteiger partial charge is 0.301 e. The number of rotatable bonds is 2. The second-order valence-corrected chi connectivity index (χ2v) is 13.1. The summed E-state index contributed by atoms with van der Waals surface area (Å²) in [5, 5.41) is 1.11. The summed E-state index contributed by atoms with van der Waals surface area (Å²) in [6.07, 6.45) is 7.83. The number of amides is 1. The molecule has 0 atom stereocenters. The lowest BCUT2D eigenvalue weighted by molar-refractivity contribution is -0.126. The number of carbonyl (C=O) groups is 1. The Morgan fingerprint density at radius 1 is 1.00 bits per heavy atom. The van der Waals surface area contributed by atoms with Gasteiger partial charge in [0, 0.05) is 43.7 Å². The first-order chi connectivity index (χ1) is 19.8. The van der Waals surface area contributed by atoms with Crippen LogP contribution in [0.4, 0.5) is 5.69 Å². The summed E-state index contributed by atoms with van der Waals surface area (Å²) in [5.41, 5.74) is 6.45. The number of anilines is 1. The van der Waals surface area contributed by atoms with Crippen molar-refractivity contribution < 1.29 is 22.7 Å². The molecule has 1 aliphatic carbocycles. The lowest BCUT2D eigenvalue weighted by Crippen LogP contribution is -2.36. The van der Waals surface area contributed by atoms with Crippen LogP contribution in [0.25, 0.3) is 28.2 Å². The van der Waals surface area contributed by atoms with E-state index in [9.17, 15) is 13.2 Å². The van der Waals surface area contributed by atoms with Gasteiger partial charge < -0.3 is 18.9 Å². The molecule has 2 aliphatic heterocycles. The van der Waals surface area contributed by atoms with Crippen molar-refractivity contribution in [3.8, 4) is 17.0 Å². The average molecular weight is 579 g/mol. The second-order valence-electron chi connectivity index (χ2n) is 11.3. The van der Waals surface area contributed by atoms with E-state index in [-0.39, 0.29) is 19.1 Å². The van der Waals surface area contributed by atoms with E-state index >= 15 is 0 Å². The van der Waals surface area contributed by atoms with E-state index in [1.807, 2.05) is 36.4 Å². The highest BCUT2D eigenvalue weighted by molar-refractivity contribution is 7.90. The minimum Gasteiger partial charge on any atom is -0.497 e. The molecule has 9 nitrogen and oxygen atoms in total. The van der Waals surface area contributed by atoms with Gasteiger partial charge in [-0.1, -0.05) is 25.3 Å². The lowest BCUT2D eigenvalue weighted by Gasteiger charge is -2.24. The maximum absolute atomic E-state index is 13.9. The number of benzene rings is 2. The topological polar surface area (TPSA) is 93.1 Å². The van der Waals surface area contributed by atoms with Crippen LogP contribution in [0.2, 0.25) is 0 Å². The predicted octanol–water partition coefficient (Wildman–Crippen LogP) is 4.84. The standard InChI is InChI=1S/C31H38N4O5S/c1-33-13-15-40-16-14-34(2)41(37,38)32-24-9-11-27-28(19-24)35-20-23(31(33)36)17-22-18-25(39-3)10-12-26(22)30(35)29(27)21-7-5-4-6-8-21/h9-12,17-19,21,32H,4-8,13-16,20H2,1-3H3. The molecule has 2 aromatic carbocycles. The van der Waals surface area contributed by atoms with Crippen LogP contribution >= 0.6 is 0 Å². The van der Waals surface area contributed by atoms with Gasteiger partial charge in [-0.15, -0.1) is 0 Å². The highest BCUT2D eigenvalue weighted by Crippen LogP contribution is 2.47. The van der Waals surface area contributed by atoms with Gasteiger partial charge in [0.15, 0.2) is 0 Å². The second kappa shape index (κ2) is 11.2. The predicted molar refractivity (Wildman–Crippen MR) is 161 cm³/mol. The van der Waals surface area contributed by atoms with Crippen LogP contribution in [-0.2, 0) is 26.3 Å². The number of likely N-dealkylation sites (N-methyl/N-ethyl adjacent to an activating group) is 2. The van der Waals surface area contributed by atoms with Gasteiger partial charge in [-0.2, -0.15) is 12.7 Å². The zero-order chi connectivity index (χ0) is 28.7. The number of hydrogen-bond acceptors (Lipinski definition) is 5. The molecule has 0 unspecified atom stereocenters. The molecule has 0 radical (unpaired) electrons. The summed E-state index contributed by atoms with van der Waals surface area (Å²) in [5.74, 6) is 1.06. The van der Waals surface area contributed by atoms with Crippen LogP contribution in [0.3, 0.4) is 0 Å². The van der Waals surface area contributed by atoms with Crippen LogP contribution in [0.15, 0.2) is 42.0 Å². The molecule has 1 N–H and O–H groups in total. The normalized spacial score (nSPS) is 20.5. The van der Waals surface area contributed by atoms with Crippen molar-refractivity contribution in [1.82, 2.24) is 13.8 Å². The molecular formula is C31H38N4O5S. The van der Waals surface area contributed by atoms with Gasteiger partial charge in [0.1, 0.15) is 5.75 Å². The van der Waals surface area contributed by atoms with Gasteiger partial charge in [0.2, 0.25) is 0 Å². The highest BCUT2D eigenvalue weighted by Gasteiger charge is 2.31. The fourth-order valence-corrected chi connectivity index (χ4v) is 7.32. The quantitative estimate of drug-likeness (QED) is 0.470. The van der Waals surface area contributed by atoms with Gasteiger partial charge in [0.25, 0.3) is 5.91 Å². The number of aromatic nitrogens is 1. The third-order valence-corrected chi connectivity index (χ3v) is 10.2. The largest absolute Gasteiger partial charge is 0.497 e. The van der Waals surface area contributed by atoms with Crippen molar-refractivity contribution in [2.75, 3.05) is 52.2 Å². The summed E-state index contributed by atoms with van der Waals surface area (Å²) < 4.78 is 43.8. The first-order valence-corrected chi connectivity index (χ1v) is 15.8. The van der Waals surface area contributed by atoms with Crippen LogP contribution in [0, 0.1) is 0 Å². The van der Waals surface area contributed by atoms with E-state index in [2.05, 4.69) is 15.4 Å². The molecule has 1 amide bonds. The summed E-state index contributed by atoms with van der Waals surface area (Å²) in [4.78, 5) is 15.5. The number of carbonyl (C=O) groups excluding carboxylic acids is 1. The minimum absolute atomic E-state index is 0.0580. The first-order valence-electron chi connectivity index (χ1n) is 14.4. The molecule has 4 bridgehead atoms. The molecule has 3 heterocycles. The van der Waals surface area contributed by atoms with Crippen molar-refractivity contribution in [2.24, 2.45) is 0 Å². The Bertz CT molecular complexity index is 1620. The zero-order valence-corrected chi connectivity index (χ0v) is 24.8. The van der Waals surface area contributed by atoms with E-state index in [4.69, 9.17) is 9.47 Å². The SMILES string of the molecule is COc1ccc2c(c1)C=C1Cn3c-2c(C2CCCCC2)c2ccc(cc23)NS(=O)(=O)N(C)CCOCCN(C)C1=O. The van der Waals surface area contributed by atoms with Crippen LogP contribution in [0.5, 0.6) is 5.75 Å². The fraction of sp³-hybridized carbons (Fsp3) is 0.452. The summed E-state index contributed by atoms with van der Waals surface area (Å²) in [7, 11) is 1.20. The van der Waals surface area contributed by atoms with Gasteiger partial charge in [0.05, 0.1) is 43.8 Å². The van der Waals surface area contributed by atoms with Gasteiger partial charge in [-0.05, 0) is 66.3 Å². The third kappa shape index (κ3) is 5.24. The zero-order valence-electron chi connectivity index (χ0n) is 24.0. The number of fused-ring (bicyclic) bond motifs is 4. The lowest BCUT2D eigenvalue weighted by atomic mass is 9.81. The number of ether oxygens (including phenoxy) is 2. The van der Waals surface area contributed by atoms with Crippen molar-refractivity contribution in [2.45, 2.75) is 44.6 Å². The highest BCUT2D eigenvalue weighted by atomic mass is 32.2. The van der Waals surface area contributed by atoms with E-state index in [1.54, 1.807) is 19.1 Å². The molecule has 41 heavy (non-hydrogen) atoms. The maximum Gasteiger partial charge on any atom is 0.301 e. The molecule has 10 heteroatoms. The van der Waals surface area contributed by atoms with E-state index in [0.29, 0.717) is 36.9 Å². The molecule has 3 aliphatic rings. The third-order valence-electron chi connectivity index (χ3n) is 8.69. The van der Waals surface area contributed by atoms with Crippen LogP contribution in [0.1, 0.15) is 49.1 Å². The Kier molecular flexibility index (Phi) is 7.56. The molecule has 0 saturated heterocycles. The van der Waals surface area contributed by atoms with E-state index in [0.717, 1.165) is 46.3 Å². The number of hydrogen-bond donors (Lipinski definition) is 1. The fourth-order valence-electron chi connectivity index (χ4n) is 6.43. The molecule has 1 aromatic heterocycles. The van der Waals surface area contributed by atoms with Gasteiger partial charge in [-0.25, -0.2) is 0 Å². The molecule has 0 spiro atoms. The van der Waals surface area contributed by atoms with Crippen LogP contribution < -0.4 is 9.46 Å². The Morgan fingerprint density at radius 3 is 2.56 bits per heavy atom. The molecule has 3 aromatic rings.